The van der Waals surface area contributed by atoms with Gasteiger partial charge < -0.3 is 10.6 Å². The zero-order chi connectivity index (χ0) is 22.8. The van der Waals surface area contributed by atoms with Gasteiger partial charge in [0.25, 0.3) is 0 Å². The Bertz CT molecular complexity index is 1070. The summed E-state index contributed by atoms with van der Waals surface area (Å²) in [6.45, 7) is 3.52. The maximum Gasteiger partial charge on any atom is 0.433 e. The van der Waals surface area contributed by atoms with E-state index in [4.69, 9.17) is 0 Å². The van der Waals surface area contributed by atoms with Crippen LogP contribution in [0.25, 0.3) is 11.6 Å². The van der Waals surface area contributed by atoms with Crippen LogP contribution < -0.4 is 10.6 Å². The van der Waals surface area contributed by atoms with Gasteiger partial charge in [0.2, 0.25) is 17.7 Å². The smallest absolute Gasteiger partial charge is 0.352 e. The average Bonchev–Trinajstić information content (AvgIpc) is 2.66. The quantitative estimate of drug-likeness (QED) is 0.561. The fourth-order valence-electron chi connectivity index (χ4n) is 2.27. The first kappa shape index (κ1) is 22.1. The largest absolute Gasteiger partial charge is 0.433 e. The van der Waals surface area contributed by atoms with E-state index in [9.17, 15) is 26.3 Å². The molecule has 3 aromatic rings. The lowest BCUT2D eigenvalue weighted by molar-refractivity contribution is -0.141. The van der Waals surface area contributed by atoms with Crippen LogP contribution in [0.1, 0.15) is 25.1 Å². The van der Waals surface area contributed by atoms with E-state index in [2.05, 4.69) is 40.5 Å². The van der Waals surface area contributed by atoms with Crippen molar-refractivity contribution in [2.75, 3.05) is 10.6 Å². The molecule has 0 bridgehead atoms. The third kappa shape index (κ3) is 5.73. The predicted octanol–water partition coefficient (Wildman–Crippen LogP) is 4.33. The molecule has 8 nitrogen and oxygen atoms in total. The van der Waals surface area contributed by atoms with Crippen molar-refractivity contribution in [2.24, 2.45) is 0 Å². The molecule has 0 aliphatic carbocycles. The van der Waals surface area contributed by atoms with E-state index in [1.165, 1.54) is 0 Å². The predicted molar refractivity (Wildman–Crippen MR) is 97.1 cm³/mol. The fourth-order valence-corrected chi connectivity index (χ4v) is 2.27. The van der Waals surface area contributed by atoms with Gasteiger partial charge in [-0.1, -0.05) is 0 Å². The molecule has 0 atom stereocenters. The molecule has 0 radical (unpaired) electrons. The lowest BCUT2D eigenvalue weighted by Gasteiger charge is -2.13. The molecule has 3 heterocycles. The SMILES string of the molecule is CC(C)Nc1nc(Nc2cncc(C(F)(F)F)c2)nc(-c2nccc(C(F)(F)F)n2)n1. The van der Waals surface area contributed by atoms with Gasteiger partial charge in [-0.2, -0.15) is 41.3 Å². The molecule has 0 aliphatic heterocycles. The zero-order valence-electron chi connectivity index (χ0n) is 15.9. The summed E-state index contributed by atoms with van der Waals surface area (Å²) in [6.07, 6.45) is -6.69. The Labute approximate surface area is 171 Å². The second-order valence-corrected chi connectivity index (χ2v) is 6.45. The van der Waals surface area contributed by atoms with Crippen molar-refractivity contribution >= 4 is 17.6 Å². The standard InChI is InChI=1S/C17H14F6N8/c1-8(2)26-14-29-13(12-25-4-3-11(28-12)17(21,22)23)30-15(31-14)27-10-5-9(6-24-7-10)16(18,19)20/h3-8H,1-2H3,(H2,26,27,29,30,31). The van der Waals surface area contributed by atoms with Crippen LogP contribution in [0.5, 0.6) is 0 Å². The van der Waals surface area contributed by atoms with Crippen molar-refractivity contribution in [3.63, 3.8) is 0 Å². The van der Waals surface area contributed by atoms with Crippen molar-refractivity contribution in [2.45, 2.75) is 32.2 Å². The topological polar surface area (TPSA) is 101 Å². The minimum atomic E-state index is -4.71. The zero-order valence-corrected chi connectivity index (χ0v) is 15.9. The van der Waals surface area contributed by atoms with Crippen LogP contribution in [0.3, 0.4) is 0 Å². The molecule has 0 amide bonds. The molecule has 31 heavy (non-hydrogen) atoms. The number of pyridine rings is 1. The van der Waals surface area contributed by atoms with E-state index >= 15 is 0 Å². The fraction of sp³-hybridized carbons (Fsp3) is 0.294. The Morgan fingerprint density at radius 2 is 1.55 bits per heavy atom. The lowest BCUT2D eigenvalue weighted by Crippen LogP contribution is -2.15. The molecule has 0 unspecified atom stereocenters. The van der Waals surface area contributed by atoms with Gasteiger partial charge >= 0.3 is 12.4 Å². The molecule has 0 saturated heterocycles. The summed E-state index contributed by atoms with van der Waals surface area (Å²) in [7, 11) is 0. The summed E-state index contributed by atoms with van der Waals surface area (Å²) < 4.78 is 77.6. The summed E-state index contributed by atoms with van der Waals surface area (Å²) in [4.78, 5) is 22.7. The lowest BCUT2D eigenvalue weighted by atomic mass is 10.2. The Morgan fingerprint density at radius 1 is 0.839 bits per heavy atom. The van der Waals surface area contributed by atoms with Crippen LogP contribution in [0.4, 0.5) is 43.9 Å². The third-order valence-electron chi connectivity index (χ3n) is 3.52. The Morgan fingerprint density at radius 3 is 2.19 bits per heavy atom. The normalized spacial score (nSPS) is 12.2. The first-order valence-electron chi connectivity index (χ1n) is 8.64. The third-order valence-corrected chi connectivity index (χ3v) is 3.52. The van der Waals surface area contributed by atoms with Crippen molar-refractivity contribution in [3.8, 4) is 11.6 Å². The van der Waals surface area contributed by atoms with Crippen molar-refractivity contribution in [1.82, 2.24) is 29.9 Å². The number of rotatable bonds is 5. The molecular formula is C17H14F6N8. The van der Waals surface area contributed by atoms with E-state index in [1.807, 2.05) is 0 Å². The van der Waals surface area contributed by atoms with Gasteiger partial charge in [-0.25, -0.2) is 9.97 Å². The highest BCUT2D eigenvalue weighted by Gasteiger charge is 2.33. The number of aromatic nitrogens is 6. The maximum absolute atomic E-state index is 13.0. The van der Waals surface area contributed by atoms with E-state index in [0.29, 0.717) is 12.3 Å². The Balaban J connectivity index is 2.02. The molecular weight excluding hydrogens is 430 g/mol. The van der Waals surface area contributed by atoms with E-state index < -0.39 is 29.4 Å². The van der Waals surface area contributed by atoms with Gasteiger partial charge in [0, 0.05) is 18.4 Å². The summed E-state index contributed by atoms with van der Waals surface area (Å²) in [5.41, 5.74) is -2.30. The molecule has 0 saturated carbocycles. The van der Waals surface area contributed by atoms with Gasteiger partial charge in [0.05, 0.1) is 17.4 Å². The molecule has 2 N–H and O–H groups in total. The van der Waals surface area contributed by atoms with Gasteiger partial charge in [-0.05, 0) is 26.0 Å². The molecule has 0 spiro atoms. The van der Waals surface area contributed by atoms with Crippen LogP contribution in [0.15, 0.2) is 30.7 Å². The highest BCUT2D eigenvalue weighted by Crippen LogP contribution is 2.31. The number of hydrogen-bond acceptors (Lipinski definition) is 8. The van der Waals surface area contributed by atoms with Gasteiger partial charge in [0.1, 0.15) is 5.69 Å². The highest BCUT2D eigenvalue weighted by molar-refractivity contribution is 5.57. The van der Waals surface area contributed by atoms with E-state index in [0.717, 1.165) is 18.5 Å². The molecule has 3 rings (SSSR count). The summed E-state index contributed by atoms with van der Waals surface area (Å²) in [6, 6.07) is 1.30. The Kier molecular flexibility index (Phi) is 5.90. The number of alkyl halides is 6. The van der Waals surface area contributed by atoms with Crippen LogP contribution in [-0.2, 0) is 12.4 Å². The summed E-state index contributed by atoms with van der Waals surface area (Å²) in [5, 5.41) is 5.39. The first-order chi connectivity index (χ1) is 14.4. The average molecular weight is 444 g/mol. The van der Waals surface area contributed by atoms with Crippen molar-refractivity contribution in [3.05, 3.63) is 42.0 Å². The number of hydrogen-bond donors (Lipinski definition) is 2. The maximum atomic E-state index is 13.0. The molecule has 164 valence electrons. The van der Waals surface area contributed by atoms with Crippen LogP contribution in [0, 0.1) is 0 Å². The number of nitrogens with one attached hydrogen (secondary N) is 2. The van der Waals surface area contributed by atoms with Crippen LogP contribution in [-0.4, -0.2) is 35.9 Å². The van der Waals surface area contributed by atoms with Gasteiger partial charge in [-0.15, -0.1) is 0 Å². The van der Waals surface area contributed by atoms with E-state index in [-0.39, 0.29) is 29.5 Å². The first-order valence-corrected chi connectivity index (χ1v) is 8.64. The number of anilines is 3. The van der Waals surface area contributed by atoms with Crippen molar-refractivity contribution in [1.29, 1.82) is 0 Å². The van der Waals surface area contributed by atoms with Gasteiger partial charge in [0.15, 0.2) is 5.82 Å². The monoisotopic (exact) mass is 444 g/mol. The second-order valence-electron chi connectivity index (χ2n) is 6.45. The summed E-state index contributed by atoms with van der Waals surface area (Å²) in [5.74, 6) is -1.03. The Hall–Kier alpha value is -3.58. The molecule has 14 heteroatoms. The minimum Gasteiger partial charge on any atom is -0.352 e. The van der Waals surface area contributed by atoms with Crippen molar-refractivity contribution < 1.29 is 26.3 Å². The minimum absolute atomic E-state index is 0.0385. The van der Waals surface area contributed by atoms with Gasteiger partial charge in [-0.3, -0.25) is 4.98 Å². The van der Waals surface area contributed by atoms with Crippen LogP contribution >= 0.6 is 0 Å². The summed E-state index contributed by atoms with van der Waals surface area (Å²) >= 11 is 0. The molecule has 0 aromatic carbocycles. The number of halogens is 6. The number of nitrogens with zero attached hydrogens (tertiary/aromatic N) is 6. The highest BCUT2D eigenvalue weighted by atomic mass is 19.4. The molecule has 3 aromatic heterocycles. The van der Waals surface area contributed by atoms with Crippen LogP contribution in [0.2, 0.25) is 0 Å². The second kappa shape index (κ2) is 8.28. The van der Waals surface area contributed by atoms with E-state index in [1.54, 1.807) is 13.8 Å². The molecule has 0 fully saturated rings. The molecule has 0 aliphatic rings.